The molecule has 0 spiro atoms. The lowest BCUT2D eigenvalue weighted by Gasteiger charge is -2.15. The van der Waals surface area contributed by atoms with E-state index >= 15 is 0 Å². The van der Waals surface area contributed by atoms with Crippen LogP contribution in [0.25, 0.3) is 0 Å². The van der Waals surface area contributed by atoms with Gasteiger partial charge in [-0.15, -0.1) is 0 Å². The minimum absolute atomic E-state index is 0.231. The molecule has 0 aliphatic carbocycles. The summed E-state index contributed by atoms with van der Waals surface area (Å²) in [5, 5.41) is 9.04. The summed E-state index contributed by atoms with van der Waals surface area (Å²) in [5.74, 6) is -0.928. The molecule has 0 radical (unpaired) electrons. The third-order valence-corrected chi connectivity index (χ3v) is 2.46. The Labute approximate surface area is 88.7 Å². The molecule has 4 N–H and O–H groups in total. The SMILES string of the molecule is C[C@H](CN)C[C@H](Cc1cnc[nH]1)C(=O)O. The lowest BCUT2D eigenvalue weighted by atomic mass is 9.92. The van der Waals surface area contributed by atoms with E-state index in [1.807, 2.05) is 6.92 Å². The molecule has 5 nitrogen and oxygen atoms in total. The van der Waals surface area contributed by atoms with E-state index < -0.39 is 5.97 Å². The number of carboxylic acid groups (broad SMARTS) is 1. The smallest absolute Gasteiger partial charge is 0.306 e. The number of hydrogen-bond donors (Lipinski definition) is 3. The average Bonchev–Trinajstić information content (AvgIpc) is 2.69. The number of imidazole rings is 1. The molecule has 0 aliphatic rings. The summed E-state index contributed by atoms with van der Waals surface area (Å²) in [6, 6.07) is 0. The number of aliphatic carboxylic acids is 1. The highest BCUT2D eigenvalue weighted by atomic mass is 16.4. The Balaban J connectivity index is 2.55. The maximum atomic E-state index is 11.0. The number of H-pyrrole nitrogens is 1. The third-order valence-electron chi connectivity index (χ3n) is 2.46. The Morgan fingerprint density at radius 3 is 2.93 bits per heavy atom. The zero-order valence-electron chi connectivity index (χ0n) is 8.81. The van der Waals surface area contributed by atoms with Crippen LogP contribution in [-0.4, -0.2) is 27.6 Å². The van der Waals surface area contributed by atoms with Gasteiger partial charge in [0, 0.05) is 18.3 Å². The average molecular weight is 211 g/mol. The van der Waals surface area contributed by atoms with Crippen LogP contribution in [0, 0.1) is 11.8 Å². The molecule has 84 valence electrons. The first-order valence-corrected chi connectivity index (χ1v) is 5.03. The molecule has 0 amide bonds. The Hall–Kier alpha value is -1.36. The van der Waals surface area contributed by atoms with Crippen LogP contribution in [-0.2, 0) is 11.2 Å². The monoisotopic (exact) mass is 211 g/mol. The lowest BCUT2D eigenvalue weighted by Crippen LogP contribution is -2.22. The van der Waals surface area contributed by atoms with Gasteiger partial charge in [0.25, 0.3) is 0 Å². The lowest BCUT2D eigenvalue weighted by molar-refractivity contribution is -0.142. The minimum atomic E-state index is -0.773. The van der Waals surface area contributed by atoms with Gasteiger partial charge in [0.2, 0.25) is 0 Å². The van der Waals surface area contributed by atoms with Crippen LogP contribution in [0.5, 0.6) is 0 Å². The van der Waals surface area contributed by atoms with Gasteiger partial charge in [-0.05, 0) is 18.9 Å². The van der Waals surface area contributed by atoms with Gasteiger partial charge in [0.05, 0.1) is 12.2 Å². The maximum Gasteiger partial charge on any atom is 0.306 e. The van der Waals surface area contributed by atoms with Crippen molar-refractivity contribution < 1.29 is 9.90 Å². The number of aromatic amines is 1. The Morgan fingerprint density at radius 1 is 1.73 bits per heavy atom. The summed E-state index contributed by atoms with van der Waals surface area (Å²) < 4.78 is 0. The summed E-state index contributed by atoms with van der Waals surface area (Å²) in [6.07, 6.45) is 4.30. The van der Waals surface area contributed by atoms with Crippen molar-refractivity contribution in [1.29, 1.82) is 0 Å². The topological polar surface area (TPSA) is 92.0 Å². The van der Waals surface area contributed by atoms with Gasteiger partial charge in [-0.2, -0.15) is 0 Å². The van der Waals surface area contributed by atoms with Crippen molar-refractivity contribution in [1.82, 2.24) is 9.97 Å². The standard InChI is InChI=1S/C10H17N3O2/c1-7(4-11)2-8(10(14)15)3-9-5-12-6-13-9/h5-8H,2-4,11H2,1H3,(H,12,13)(H,14,15)/t7-,8+/m0/s1. The van der Waals surface area contributed by atoms with E-state index in [4.69, 9.17) is 10.8 Å². The molecule has 0 aliphatic heterocycles. The number of carboxylic acids is 1. The van der Waals surface area contributed by atoms with Gasteiger partial charge in [-0.1, -0.05) is 6.92 Å². The molecule has 1 rings (SSSR count). The highest BCUT2D eigenvalue weighted by Crippen LogP contribution is 2.16. The molecule has 1 aromatic heterocycles. The Morgan fingerprint density at radius 2 is 2.47 bits per heavy atom. The minimum Gasteiger partial charge on any atom is -0.481 e. The van der Waals surface area contributed by atoms with E-state index in [9.17, 15) is 4.79 Å². The quantitative estimate of drug-likeness (QED) is 0.643. The first kappa shape index (κ1) is 11.7. The summed E-state index contributed by atoms with van der Waals surface area (Å²) >= 11 is 0. The van der Waals surface area contributed by atoms with Crippen LogP contribution in [0.3, 0.4) is 0 Å². The molecule has 0 saturated heterocycles. The van der Waals surface area contributed by atoms with Gasteiger partial charge < -0.3 is 15.8 Å². The van der Waals surface area contributed by atoms with E-state index in [2.05, 4.69) is 9.97 Å². The number of rotatable bonds is 6. The van der Waals surface area contributed by atoms with Crippen molar-refractivity contribution in [2.24, 2.45) is 17.6 Å². The fourth-order valence-corrected chi connectivity index (χ4v) is 1.52. The fraction of sp³-hybridized carbons (Fsp3) is 0.600. The van der Waals surface area contributed by atoms with E-state index in [0.29, 0.717) is 19.4 Å². The molecular weight excluding hydrogens is 194 g/mol. The second-order valence-corrected chi connectivity index (χ2v) is 3.89. The number of hydrogen-bond acceptors (Lipinski definition) is 3. The Kier molecular flexibility index (Phi) is 4.30. The number of aromatic nitrogens is 2. The molecule has 15 heavy (non-hydrogen) atoms. The third kappa shape index (κ3) is 3.71. The normalized spacial score (nSPS) is 14.8. The van der Waals surface area contributed by atoms with E-state index in [0.717, 1.165) is 5.69 Å². The molecule has 2 atom stereocenters. The van der Waals surface area contributed by atoms with Crippen LogP contribution in [0.1, 0.15) is 19.0 Å². The predicted octanol–water partition coefficient (Wildman–Crippen LogP) is 0.638. The van der Waals surface area contributed by atoms with Crippen LogP contribution >= 0.6 is 0 Å². The van der Waals surface area contributed by atoms with Crippen molar-refractivity contribution in [2.75, 3.05) is 6.54 Å². The number of nitrogens with one attached hydrogen (secondary N) is 1. The molecule has 0 aromatic carbocycles. The molecule has 0 fully saturated rings. The molecule has 0 saturated carbocycles. The van der Waals surface area contributed by atoms with Crippen LogP contribution < -0.4 is 5.73 Å². The van der Waals surface area contributed by atoms with E-state index in [1.54, 1.807) is 12.5 Å². The van der Waals surface area contributed by atoms with Gasteiger partial charge >= 0.3 is 5.97 Å². The molecule has 1 aromatic rings. The summed E-state index contributed by atoms with van der Waals surface area (Å²) in [7, 11) is 0. The highest BCUT2D eigenvalue weighted by molar-refractivity contribution is 5.70. The van der Waals surface area contributed by atoms with Crippen LogP contribution in [0.2, 0.25) is 0 Å². The second-order valence-electron chi connectivity index (χ2n) is 3.89. The number of nitrogens with zero attached hydrogens (tertiary/aromatic N) is 1. The second kappa shape index (κ2) is 5.50. The van der Waals surface area contributed by atoms with Crippen LogP contribution in [0.4, 0.5) is 0 Å². The van der Waals surface area contributed by atoms with Gasteiger partial charge in [0.15, 0.2) is 0 Å². The van der Waals surface area contributed by atoms with Crippen molar-refractivity contribution in [2.45, 2.75) is 19.8 Å². The molecule has 0 unspecified atom stereocenters. The van der Waals surface area contributed by atoms with Crippen LogP contribution in [0.15, 0.2) is 12.5 Å². The van der Waals surface area contributed by atoms with E-state index in [1.165, 1.54) is 0 Å². The van der Waals surface area contributed by atoms with Gasteiger partial charge in [-0.3, -0.25) is 4.79 Å². The number of carbonyl (C=O) groups is 1. The van der Waals surface area contributed by atoms with Gasteiger partial charge in [-0.25, -0.2) is 4.98 Å². The first-order chi connectivity index (χ1) is 7.13. The molecule has 5 heteroatoms. The summed E-state index contributed by atoms with van der Waals surface area (Å²) in [4.78, 5) is 17.8. The fourth-order valence-electron chi connectivity index (χ4n) is 1.52. The molecule has 0 bridgehead atoms. The van der Waals surface area contributed by atoms with Gasteiger partial charge in [0.1, 0.15) is 0 Å². The zero-order valence-corrected chi connectivity index (χ0v) is 8.81. The zero-order chi connectivity index (χ0) is 11.3. The largest absolute Gasteiger partial charge is 0.481 e. The predicted molar refractivity (Wildman–Crippen MR) is 56.3 cm³/mol. The van der Waals surface area contributed by atoms with Crippen molar-refractivity contribution >= 4 is 5.97 Å². The van der Waals surface area contributed by atoms with Crippen molar-refractivity contribution in [3.63, 3.8) is 0 Å². The highest BCUT2D eigenvalue weighted by Gasteiger charge is 2.20. The number of nitrogens with two attached hydrogens (primary N) is 1. The summed E-state index contributed by atoms with van der Waals surface area (Å²) in [6.45, 7) is 2.48. The first-order valence-electron chi connectivity index (χ1n) is 5.03. The summed E-state index contributed by atoms with van der Waals surface area (Å²) in [5.41, 5.74) is 6.33. The van der Waals surface area contributed by atoms with Crippen molar-refractivity contribution in [3.8, 4) is 0 Å². The molecule has 1 heterocycles. The van der Waals surface area contributed by atoms with E-state index in [-0.39, 0.29) is 11.8 Å². The molecular formula is C10H17N3O2. The maximum absolute atomic E-state index is 11.0. The van der Waals surface area contributed by atoms with Crippen molar-refractivity contribution in [3.05, 3.63) is 18.2 Å². The Bertz CT molecular complexity index is 298.